The number of carbonyl (C=O) groups excluding carboxylic acids is 1. The van der Waals surface area contributed by atoms with Gasteiger partial charge in [-0.1, -0.05) is 20.8 Å². The Labute approximate surface area is 148 Å². The van der Waals surface area contributed by atoms with Gasteiger partial charge in [0.25, 0.3) is 0 Å². The molecule has 142 valence electrons. The molecule has 0 radical (unpaired) electrons. The van der Waals surface area contributed by atoms with E-state index in [1.807, 2.05) is 4.90 Å². The van der Waals surface area contributed by atoms with Gasteiger partial charge in [0, 0.05) is 40.3 Å². The van der Waals surface area contributed by atoms with Crippen LogP contribution in [-0.4, -0.2) is 65.5 Å². The van der Waals surface area contributed by atoms with Crippen LogP contribution in [0.15, 0.2) is 0 Å². The van der Waals surface area contributed by atoms with E-state index in [1.54, 1.807) is 14.2 Å². The molecule has 0 aromatic rings. The van der Waals surface area contributed by atoms with E-state index < -0.39 is 8.32 Å². The molecule has 2 amide bonds. The first-order valence-corrected chi connectivity index (χ1v) is 11.8. The first kappa shape index (κ1) is 21.4. The Kier molecular flexibility index (Phi) is 8.18. The monoisotopic (exact) mass is 360 g/mol. The minimum absolute atomic E-state index is 0.0104. The molecule has 1 atom stereocenters. The molecule has 1 rings (SSSR count). The van der Waals surface area contributed by atoms with Crippen LogP contribution in [0.5, 0.6) is 0 Å². The fourth-order valence-electron chi connectivity index (χ4n) is 2.56. The number of nitrogens with zero attached hydrogens (tertiary/aromatic N) is 1. The number of ether oxygens (including phenoxy) is 2. The van der Waals surface area contributed by atoms with Gasteiger partial charge >= 0.3 is 6.03 Å². The smallest absolute Gasteiger partial charge is 0.317 e. The fourth-order valence-corrected chi connectivity index (χ4v) is 3.65. The second-order valence-corrected chi connectivity index (χ2v) is 12.8. The molecular weight excluding hydrogens is 324 g/mol. The van der Waals surface area contributed by atoms with E-state index in [-0.39, 0.29) is 23.4 Å². The van der Waals surface area contributed by atoms with Gasteiger partial charge in [0.1, 0.15) is 0 Å². The highest BCUT2D eigenvalue weighted by molar-refractivity contribution is 6.74. The maximum atomic E-state index is 12.0. The SMILES string of the molecule is COC(CCN1C(=O)NCC1CCCO[Si](C)(C)C(C)(C)C)OC. The van der Waals surface area contributed by atoms with Crippen LogP contribution in [0.25, 0.3) is 0 Å². The number of urea groups is 1. The second-order valence-electron chi connectivity index (χ2n) is 7.97. The molecule has 1 unspecified atom stereocenters. The summed E-state index contributed by atoms with van der Waals surface area (Å²) in [5.41, 5.74) is 0. The maximum absolute atomic E-state index is 12.0. The predicted molar refractivity (Wildman–Crippen MR) is 98.7 cm³/mol. The van der Waals surface area contributed by atoms with Gasteiger partial charge in [-0.05, 0) is 31.0 Å². The van der Waals surface area contributed by atoms with E-state index in [0.29, 0.717) is 19.5 Å². The van der Waals surface area contributed by atoms with Crippen molar-refractivity contribution in [3.05, 3.63) is 0 Å². The summed E-state index contributed by atoms with van der Waals surface area (Å²) in [5, 5.41) is 3.17. The molecule has 0 saturated carbocycles. The summed E-state index contributed by atoms with van der Waals surface area (Å²) < 4.78 is 16.6. The Balaban J connectivity index is 2.39. The van der Waals surface area contributed by atoms with Crippen LogP contribution in [0.3, 0.4) is 0 Å². The van der Waals surface area contributed by atoms with Gasteiger partial charge in [-0.15, -0.1) is 0 Å². The first-order valence-electron chi connectivity index (χ1n) is 8.86. The van der Waals surface area contributed by atoms with E-state index >= 15 is 0 Å². The van der Waals surface area contributed by atoms with Crippen molar-refractivity contribution < 1.29 is 18.7 Å². The Hall–Kier alpha value is -0.633. The lowest BCUT2D eigenvalue weighted by Crippen LogP contribution is -2.41. The van der Waals surface area contributed by atoms with Crippen LogP contribution in [0, 0.1) is 0 Å². The Morgan fingerprint density at radius 3 is 2.46 bits per heavy atom. The van der Waals surface area contributed by atoms with Gasteiger partial charge in [0.15, 0.2) is 14.6 Å². The molecule has 7 heteroatoms. The summed E-state index contributed by atoms with van der Waals surface area (Å²) in [6.07, 6.45) is 2.34. The molecule has 0 spiro atoms. The maximum Gasteiger partial charge on any atom is 0.317 e. The van der Waals surface area contributed by atoms with Crippen molar-refractivity contribution in [2.24, 2.45) is 0 Å². The Morgan fingerprint density at radius 2 is 1.92 bits per heavy atom. The molecule has 1 N–H and O–H groups in total. The Morgan fingerprint density at radius 1 is 1.29 bits per heavy atom. The molecule has 0 aromatic carbocycles. The van der Waals surface area contributed by atoms with E-state index in [4.69, 9.17) is 13.9 Å². The first-order chi connectivity index (χ1) is 11.1. The van der Waals surface area contributed by atoms with E-state index in [2.05, 4.69) is 39.2 Å². The van der Waals surface area contributed by atoms with Crippen molar-refractivity contribution in [1.82, 2.24) is 10.2 Å². The summed E-state index contributed by atoms with van der Waals surface area (Å²) in [7, 11) is 1.56. The third kappa shape index (κ3) is 6.02. The zero-order valence-electron chi connectivity index (χ0n) is 16.5. The average Bonchev–Trinajstić information content (AvgIpc) is 2.84. The van der Waals surface area contributed by atoms with Crippen molar-refractivity contribution in [2.75, 3.05) is 33.9 Å². The van der Waals surface area contributed by atoms with E-state index in [9.17, 15) is 4.79 Å². The van der Waals surface area contributed by atoms with Crippen molar-refractivity contribution >= 4 is 14.3 Å². The normalized spacial score (nSPS) is 19.2. The number of methoxy groups -OCH3 is 2. The molecule has 1 saturated heterocycles. The van der Waals surface area contributed by atoms with Crippen LogP contribution >= 0.6 is 0 Å². The zero-order chi connectivity index (χ0) is 18.4. The molecule has 0 bridgehead atoms. The molecule has 24 heavy (non-hydrogen) atoms. The molecule has 1 aliphatic rings. The van der Waals surface area contributed by atoms with Crippen molar-refractivity contribution in [1.29, 1.82) is 0 Å². The zero-order valence-corrected chi connectivity index (χ0v) is 17.5. The number of rotatable bonds is 10. The highest BCUT2D eigenvalue weighted by Crippen LogP contribution is 2.36. The Bertz CT molecular complexity index is 395. The number of nitrogens with one attached hydrogen (secondary N) is 1. The molecule has 1 fully saturated rings. The fraction of sp³-hybridized carbons (Fsp3) is 0.941. The van der Waals surface area contributed by atoms with Gasteiger partial charge in [0.05, 0.1) is 6.04 Å². The summed E-state index contributed by atoms with van der Waals surface area (Å²) in [5.74, 6) is 0. The molecular formula is C17H36N2O4Si. The van der Waals surface area contributed by atoms with Gasteiger partial charge in [-0.25, -0.2) is 4.79 Å². The second kappa shape index (κ2) is 9.17. The van der Waals surface area contributed by atoms with E-state index in [0.717, 1.165) is 19.4 Å². The third-order valence-corrected chi connectivity index (χ3v) is 9.81. The van der Waals surface area contributed by atoms with Gasteiger partial charge in [-0.3, -0.25) is 0 Å². The standard InChI is InChI=1S/C17H36N2O4Si/c1-17(2,3)24(6,7)23-12-8-9-14-13-18-16(20)19(14)11-10-15(21-4)22-5/h14-15H,8-13H2,1-7H3,(H,18,20). The number of hydrogen-bond acceptors (Lipinski definition) is 4. The number of amides is 2. The minimum atomic E-state index is -1.68. The molecule has 6 nitrogen and oxygen atoms in total. The van der Waals surface area contributed by atoms with Crippen LogP contribution in [0.2, 0.25) is 18.1 Å². The van der Waals surface area contributed by atoms with Gasteiger partial charge < -0.3 is 24.1 Å². The number of hydrogen-bond donors (Lipinski definition) is 1. The van der Waals surface area contributed by atoms with Crippen LogP contribution in [0.4, 0.5) is 4.79 Å². The summed E-state index contributed by atoms with van der Waals surface area (Å²) in [6.45, 7) is 13.4. The number of carbonyl (C=O) groups is 1. The van der Waals surface area contributed by atoms with Crippen molar-refractivity contribution in [3.63, 3.8) is 0 Å². The molecule has 1 heterocycles. The lowest BCUT2D eigenvalue weighted by atomic mass is 10.1. The van der Waals surface area contributed by atoms with Crippen LogP contribution < -0.4 is 5.32 Å². The molecule has 0 aliphatic carbocycles. The lowest BCUT2D eigenvalue weighted by molar-refractivity contribution is -0.108. The van der Waals surface area contributed by atoms with Gasteiger partial charge in [-0.2, -0.15) is 0 Å². The average molecular weight is 361 g/mol. The largest absolute Gasteiger partial charge is 0.417 e. The van der Waals surface area contributed by atoms with Crippen LogP contribution in [-0.2, 0) is 13.9 Å². The molecule has 1 aliphatic heterocycles. The molecule has 0 aromatic heterocycles. The highest BCUT2D eigenvalue weighted by atomic mass is 28.4. The summed E-state index contributed by atoms with van der Waals surface area (Å²) in [6, 6.07) is 0.242. The van der Waals surface area contributed by atoms with Crippen molar-refractivity contribution in [3.8, 4) is 0 Å². The van der Waals surface area contributed by atoms with Crippen LogP contribution in [0.1, 0.15) is 40.0 Å². The quantitative estimate of drug-likeness (QED) is 0.369. The lowest BCUT2D eigenvalue weighted by Gasteiger charge is -2.36. The predicted octanol–water partition coefficient (Wildman–Crippen LogP) is 3.19. The minimum Gasteiger partial charge on any atom is -0.417 e. The van der Waals surface area contributed by atoms with Crippen molar-refractivity contribution in [2.45, 2.75) is 70.5 Å². The third-order valence-electron chi connectivity index (χ3n) is 5.27. The van der Waals surface area contributed by atoms with E-state index in [1.165, 1.54) is 0 Å². The summed E-state index contributed by atoms with van der Waals surface area (Å²) >= 11 is 0. The van der Waals surface area contributed by atoms with Gasteiger partial charge in [0.2, 0.25) is 0 Å². The topological polar surface area (TPSA) is 60.0 Å². The summed E-state index contributed by atoms with van der Waals surface area (Å²) in [4.78, 5) is 13.9. The highest BCUT2D eigenvalue weighted by Gasteiger charge is 2.37.